The van der Waals surface area contributed by atoms with Crippen LogP contribution >= 0.6 is 0 Å². The zero-order chi connectivity index (χ0) is 8.28. The van der Waals surface area contributed by atoms with Crippen LogP contribution in [0.4, 0.5) is 0 Å². The zero-order valence-corrected chi connectivity index (χ0v) is 7.48. The minimum absolute atomic E-state index is 0.0301. The molecule has 2 saturated carbocycles. The van der Waals surface area contributed by atoms with Crippen molar-refractivity contribution < 1.29 is 0 Å². The van der Waals surface area contributed by atoms with Crippen molar-refractivity contribution in [1.82, 2.24) is 0 Å². The SMILES string of the molecule is [CH][C@@]12CCC(CC1=C)C2(C)C. The molecule has 0 aromatic rings. The lowest BCUT2D eigenvalue weighted by Crippen LogP contribution is -2.27. The van der Waals surface area contributed by atoms with Crippen LogP contribution in [0.2, 0.25) is 0 Å². The van der Waals surface area contributed by atoms with Crippen LogP contribution in [-0.4, -0.2) is 0 Å². The van der Waals surface area contributed by atoms with Crippen LogP contribution in [0.5, 0.6) is 0 Å². The van der Waals surface area contributed by atoms with Gasteiger partial charge in [0.1, 0.15) is 0 Å². The molecule has 2 radical (unpaired) electrons. The summed E-state index contributed by atoms with van der Waals surface area (Å²) < 4.78 is 0. The van der Waals surface area contributed by atoms with Gasteiger partial charge in [0.15, 0.2) is 0 Å². The molecule has 0 spiro atoms. The molecule has 2 rings (SSSR count). The van der Waals surface area contributed by atoms with Gasteiger partial charge in [0.25, 0.3) is 0 Å². The van der Waals surface area contributed by atoms with E-state index >= 15 is 0 Å². The summed E-state index contributed by atoms with van der Waals surface area (Å²) in [5.74, 6) is 0.806. The lowest BCUT2D eigenvalue weighted by Gasteiger charge is -2.34. The molecule has 1 unspecified atom stereocenters. The highest BCUT2D eigenvalue weighted by Crippen LogP contribution is 2.67. The summed E-state index contributed by atoms with van der Waals surface area (Å²) in [6, 6.07) is 0. The molecule has 2 fully saturated rings. The molecule has 0 N–H and O–H groups in total. The Labute approximate surface area is 69.7 Å². The predicted octanol–water partition coefficient (Wildman–Crippen LogP) is 3.08. The summed E-state index contributed by atoms with van der Waals surface area (Å²) in [7, 11) is 0. The van der Waals surface area contributed by atoms with E-state index in [0.717, 1.165) is 12.3 Å². The summed E-state index contributed by atoms with van der Waals surface area (Å²) in [5, 5.41) is 0. The summed E-state index contributed by atoms with van der Waals surface area (Å²) >= 11 is 0. The van der Waals surface area contributed by atoms with Crippen LogP contribution in [0.25, 0.3) is 0 Å². The fourth-order valence-corrected chi connectivity index (χ4v) is 2.92. The number of rotatable bonds is 0. The van der Waals surface area contributed by atoms with Crippen LogP contribution in [0.3, 0.4) is 0 Å². The zero-order valence-electron chi connectivity index (χ0n) is 7.48. The van der Waals surface area contributed by atoms with Crippen molar-refractivity contribution in [2.45, 2.75) is 33.1 Å². The highest BCUT2D eigenvalue weighted by molar-refractivity contribution is 5.29. The van der Waals surface area contributed by atoms with Crippen LogP contribution in [0, 0.1) is 23.7 Å². The van der Waals surface area contributed by atoms with Gasteiger partial charge in [-0.1, -0.05) is 26.0 Å². The molecule has 0 nitrogen and oxygen atoms in total. The van der Waals surface area contributed by atoms with Crippen LogP contribution in [0.15, 0.2) is 12.2 Å². The van der Waals surface area contributed by atoms with E-state index in [1.807, 2.05) is 0 Å². The lowest BCUT2D eigenvalue weighted by molar-refractivity contribution is 0.205. The van der Waals surface area contributed by atoms with Gasteiger partial charge in [0.05, 0.1) is 0 Å². The molecular formula is C11H16. The molecule has 2 atom stereocenters. The van der Waals surface area contributed by atoms with Crippen LogP contribution in [-0.2, 0) is 0 Å². The largest absolute Gasteiger partial charge is 0.0993 e. The molecule has 2 aliphatic carbocycles. The van der Waals surface area contributed by atoms with Crippen LogP contribution < -0.4 is 0 Å². The summed E-state index contributed by atoms with van der Waals surface area (Å²) in [5.41, 5.74) is 1.57. The summed E-state index contributed by atoms with van der Waals surface area (Å²) in [6.45, 7) is 15.0. The molecule has 2 aliphatic rings. The first-order valence-electron chi connectivity index (χ1n) is 4.45. The van der Waals surface area contributed by atoms with Gasteiger partial charge in [-0.25, -0.2) is 0 Å². The Morgan fingerprint density at radius 3 is 2.36 bits per heavy atom. The van der Waals surface area contributed by atoms with Crippen molar-refractivity contribution in [3.63, 3.8) is 0 Å². The van der Waals surface area contributed by atoms with E-state index in [1.165, 1.54) is 18.4 Å². The number of fused-ring (bicyclic) bond motifs is 2. The van der Waals surface area contributed by atoms with Gasteiger partial charge in [0, 0.05) is 0 Å². The molecule has 0 saturated heterocycles. The van der Waals surface area contributed by atoms with Crippen LogP contribution in [0.1, 0.15) is 33.1 Å². The van der Waals surface area contributed by atoms with E-state index in [1.54, 1.807) is 0 Å². The average molecular weight is 148 g/mol. The van der Waals surface area contributed by atoms with Crippen molar-refractivity contribution in [3.05, 3.63) is 19.1 Å². The average Bonchev–Trinajstić information content (AvgIpc) is 2.20. The molecule has 60 valence electrons. The fraction of sp³-hybridized carbons (Fsp3) is 0.727. The van der Waals surface area contributed by atoms with Gasteiger partial charge < -0.3 is 0 Å². The third-order valence-electron chi connectivity index (χ3n) is 4.18. The Balaban J connectivity index is 2.47. The van der Waals surface area contributed by atoms with Gasteiger partial charge >= 0.3 is 0 Å². The van der Waals surface area contributed by atoms with E-state index < -0.39 is 0 Å². The van der Waals surface area contributed by atoms with Gasteiger partial charge in [-0.3, -0.25) is 0 Å². The number of allylic oxidation sites excluding steroid dienone is 1. The van der Waals surface area contributed by atoms with Gasteiger partial charge in [-0.05, 0) is 42.9 Å². The Morgan fingerprint density at radius 2 is 2.18 bits per heavy atom. The molecule has 0 aliphatic heterocycles. The highest BCUT2D eigenvalue weighted by Gasteiger charge is 2.58. The molecule has 0 amide bonds. The third kappa shape index (κ3) is 0.617. The van der Waals surface area contributed by atoms with Crippen molar-refractivity contribution in [2.75, 3.05) is 0 Å². The predicted molar refractivity (Wildman–Crippen MR) is 47.0 cm³/mol. The van der Waals surface area contributed by atoms with E-state index in [-0.39, 0.29) is 5.41 Å². The normalized spacial score (nSPS) is 46.8. The second-order valence-corrected chi connectivity index (χ2v) is 4.74. The first-order chi connectivity index (χ1) is 4.98. The van der Waals surface area contributed by atoms with Gasteiger partial charge in [-0.2, -0.15) is 0 Å². The highest BCUT2D eigenvalue weighted by atomic mass is 14.6. The first-order valence-corrected chi connectivity index (χ1v) is 4.45. The van der Waals surface area contributed by atoms with Crippen molar-refractivity contribution in [1.29, 1.82) is 0 Å². The molecule has 0 aromatic carbocycles. The van der Waals surface area contributed by atoms with E-state index in [4.69, 9.17) is 6.92 Å². The smallest absolute Gasteiger partial charge is 0.000235 e. The maximum Gasteiger partial charge on any atom is -0.000235 e. The lowest BCUT2D eigenvalue weighted by atomic mass is 9.69. The third-order valence-corrected chi connectivity index (χ3v) is 4.18. The molecule has 0 aromatic heterocycles. The number of hydrogen-bond donors (Lipinski definition) is 0. The quantitative estimate of drug-likeness (QED) is 0.463. The van der Waals surface area contributed by atoms with E-state index in [2.05, 4.69) is 20.4 Å². The van der Waals surface area contributed by atoms with Gasteiger partial charge in [0.2, 0.25) is 0 Å². The minimum atomic E-state index is -0.0301. The Bertz CT molecular complexity index is 212. The molecule has 2 bridgehead atoms. The monoisotopic (exact) mass is 148 g/mol. The van der Waals surface area contributed by atoms with Gasteiger partial charge in [-0.15, -0.1) is 0 Å². The second kappa shape index (κ2) is 1.73. The standard InChI is InChI=1S/C11H16/c1-8-7-9-5-6-11(8,4)10(9,2)3/h4,9H,1,5-7H2,2-3H3/t9?,11-/m1/s1. The minimum Gasteiger partial charge on any atom is -0.0993 e. The summed E-state index contributed by atoms with van der Waals surface area (Å²) in [4.78, 5) is 0. The molecule has 0 heteroatoms. The Kier molecular flexibility index (Phi) is 1.16. The van der Waals surface area contributed by atoms with Crippen molar-refractivity contribution >= 4 is 0 Å². The van der Waals surface area contributed by atoms with E-state index in [9.17, 15) is 0 Å². The number of hydrogen-bond acceptors (Lipinski definition) is 0. The molecular weight excluding hydrogens is 132 g/mol. The Hall–Kier alpha value is -0.260. The topological polar surface area (TPSA) is 0 Å². The van der Waals surface area contributed by atoms with Crippen molar-refractivity contribution in [2.24, 2.45) is 16.7 Å². The second-order valence-electron chi connectivity index (χ2n) is 4.74. The summed E-state index contributed by atoms with van der Waals surface area (Å²) in [6.07, 6.45) is 3.63. The maximum atomic E-state index is 6.32. The first kappa shape index (κ1) is 7.39. The van der Waals surface area contributed by atoms with E-state index in [0.29, 0.717) is 5.41 Å². The molecule has 0 heterocycles. The molecule has 11 heavy (non-hydrogen) atoms. The maximum absolute atomic E-state index is 6.32. The Morgan fingerprint density at radius 1 is 1.55 bits per heavy atom. The van der Waals surface area contributed by atoms with Crippen molar-refractivity contribution in [3.8, 4) is 0 Å². The fourth-order valence-electron chi connectivity index (χ4n) is 2.92.